The van der Waals surface area contributed by atoms with Gasteiger partial charge in [-0.1, -0.05) is 18.0 Å². The zero-order chi connectivity index (χ0) is 9.97. The van der Waals surface area contributed by atoms with E-state index in [4.69, 9.17) is 11.6 Å². The van der Waals surface area contributed by atoms with Gasteiger partial charge in [0, 0.05) is 6.04 Å². The number of nitrogens with one attached hydrogen (secondary N) is 1. The van der Waals surface area contributed by atoms with Gasteiger partial charge in [0.25, 0.3) is 0 Å². The smallest absolute Gasteiger partial charge is 0.151 e. The summed E-state index contributed by atoms with van der Waals surface area (Å²) in [4.78, 5) is 0.672. The lowest BCUT2D eigenvalue weighted by Gasteiger charge is -2.26. The monoisotopic (exact) mass is 233 g/mol. The third kappa shape index (κ3) is 2.10. The van der Waals surface area contributed by atoms with E-state index in [1.807, 2.05) is 5.38 Å². The van der Waals surface area contributed by atoms with Crippen LogP contribution in [0, 0.1) is 0 Å². The summed E-state index contributed by atoms with van der Waals surface area (Å²) >= 11 is 7.30. The van der Waals surface area contributed by atoms with E-state index in [-0.39, 0.29) is 6.04 Å². The van der Waals surface area contributed by atoms with Crippen LogP contribution < -0.4 is 5.32 Å². The van der Waals surface area contributed by atoms with Gasteiger partial charge in [0.05, 0.1) is 9.90 Å². The molecule has 1 N–H and O–H groups in total. The molecular formula is C10H13ClFNS. The molecule has 0 saturated carbocycles. The second-order valence-electron chi connectivity index (χ2n) is 3.59. The summed E-state index contributed by atoms with van der Waals surface area (Å²) in [6, 6.07) is 1.72. The third-order valence-electron chi connectivity index (χ3n) is 2.60. The number of thiophene rings is 1. The van der Waals surface area contributed by atoms with Crippen LogP contribution in [0.3, 0.4) is 0 Å². The first-order valence-corrected chi connectivity index (χ1v) is 6.15. The fourth-order valence-corrected chi connectivity index (χ4v) is 3.01. The Morgan fingerprint density at radius 2 is 2.43 bits per heavy atom. The molecule has 4 heteroatoms. The molecule has 0 amide bonds. The Morgan fingerprint density at radius 1 is 1.57 bits per heavy atom. The normalized spacial score (nSPS) is 24.9. The van der Waals surface area contributed by atoms with Crippen molar-refractivity contribution >= 4 is 22.9 Å². The first kappa shape index (κ1) is 10.4. The molecule has 1 aromatic rings. The second kappa shape index (κ2) is 4.60. The molecular weight excluding hydrogens is 221 g/mol. The number of piperidine rings is 1. The van der Waals surface area contributed by atoms with Crippen molar-refractivity contribution < 1.29 is 4.39 Å². The van der Waals surface area contributed by atoms with E-state index in [2.05, 4.69) is 5.32 Å². The maximum Gasteiger partial charge on any atom is 0.151 e. The van der Waals surface area contributed by atoms with Crippen LogP contribution in [0.4, 0.5) is 4.39 Å². The van der Waals surface area contributed by atoms with Crippen LogP contribution in [0.1, 0.15) is 30.3 Å². The van der Waals surface area contributed by atoms with Crippen LogP contribution in [0.25, 0.3) is 0 Å². The maximum atomic E-state index is 14.0. The van der Waals surface area contributed by atoms with Crippen molar-refractivity contribution in [3.63, 3.8) is 0 Å². The minimum Gasteiger partial charge on any atom is -0.311 e. The highest BCUT2D eigenvalue weighted by atomic mass is 35.5. The van der Waals surface area contributed by atoms with Crippen molar-refractivity contribution in [3.8, 4) is 0 Å². The lowest BCUT2D eigenvalue weighted by atomic mass is 10.00. The number of hydrogen-bond acceptors (Lipinski definition) is 2. The predicted molar refractivity (Wildman–Crippen MR) is 58.8 cm³/mol. The number of alkyl halides is 1. The van der Waals surface area contributed by atoms with Gasteiger partial charge >= 0.3 is 0 Å². The minimum atomic E-state index is -0.942. The fourth-order valence-electron chi connectivity index (χ4n) is 1.81. The van der Waals surface area contributed by atoms with Crippen molar-refractivity contribution in [2.45, 2.75) is 31.5 Å². The standard InChI is InChI=1S/C10H13ClFNS/c11-7-4-6-14-10(7)9(12)8-3-1-2-5-13-8/h4,6,8-9,13H,1-3,5H2. The van der Waals surface area contributed by atoms with E-state index < -0.39 is 6.17 Å². The molecule has 0 aromatic carbocycles. The molecule has 2 atom stereocenters. The summed E-state index contributed by atoms with van der Waals surface area (Å²) < 4.78 is 14.0. The van der Waals surface area contributed by atoms with Gasteiger partial charge in [-0.2, -0.15) is 0 Å². The number of halogens is 2. The molecule has 1 aliphatic rings. The van der Waals surface area contributed by atoms with Crippen molar-refractivity contribution in [2.24, 2.45) is 0 Å². The SMILES string of the molecule is FC(c1sccc1Cl)C1CCCCN1. The average molecular weight is 234 g/mol. The molecule has 2 unspecified atom stereocenters. The Bertz CT molecular complexity index is 296. The molecule has 14 heavy (non-hydrogen) atoms. The topological polar surface area (TPSA) is 12.0 Å². The molecule has 0 radical (unpaired) electrons. The van der Waals surface area contributed by atoms with Gasteiger partial charge in [0.15, 0.2) is 6.17 Å². The Kier molecular flexibility index (Phi) is 3.42. The van der Waals surface area contributed by atoms with E-state index in [1.165, 1.54) is 11.3 Å². The van der Waals surface area contributed by atoms with Crippen molar-refractivity contribution in [2.75, 3.05) is 6.54 Å². The van der Waals surface area contributed by atoms with Crippen LogP contribution in [-0.2, 0) is 0 Å². The van der Waals surface area contributed by atoms with Gasteiger partial charge in [-0.15, -0.1) is 11.3 Å². The molecule has 2 rings (SSSR count). The Hall–Kier alpha value is -0.120. The lowest BCUT2D eigenvalue weighted by Crippen LogP contribution is -2.37. The largest absolute Gasteiger partial charge is 0.311 e. The first-order valence-electron chi connectivity index (χ1n) is 4.89. The number of rotatable bonds is 2. The highest BCUT2D eigenvalue weighted by Crippen LogP contribution is 2.35. The van der Waals surface area contributed by atoms with Crippen LogP contribution >= 0.6 is 22.9 Å². The van der Waals surface area contributed by atoms with Crippen LogP contribution in [0.5, 0.6) is 0 Å². The van der Waals surface area contributed by atoms with Crippen molar-refractivity contribution in [1.82, 2.24) is 5.32 Å². The molecule has 78 valence electrons. The summed E-state index contributed by atoms with van der Waals surface area (Å²) in [5.74, 6) is 0. The summed E-state index contributed by atoms with van der Waals surface area (Å²) in [5, 5.41) is 5.61. The molecule has 1 nitrogen and oxygen atoms in total. The van der Waals surface area contributed by atoms with Gasteiger partial charge in [0.1, 0.15) is 0 Å². The van der Waals surface area contributed by atoms with E-state index >= 15 is 0 Å². The molecule has 2 heterocycles. The molecule has 1 saturated heterocycles. The third-order valence-corrected chi connectivity index (χ3v) is 4.01. The van der Waals surface area contributed by atoms with Crippen LogP contribution in [0.2, 0.25) is 5.02 Å². The molecule has 1 aliphatic heterocycles. The highest BCUT2D eigenvalue weighted by Gasteiger charge is 2.26. The number of hydrogen-bond donors (Lipinski definition) is 1. The lowest BCUT2D eigenvalue weighted by molar-refractivity contribution is 0.225. The van der Waals surface area contributed by atoms with Crippen molar-refractivity contribution in [3.05, 3.63) is 21.3 Å². The van der Waals surface area contributed by atoms with E-state index in [9.17, 15) is 4.39 Å². The first-order chi connectivity index (χ1) is 6.79. The van der Waals surface area contributed by atoms with Crippen LogP contribution in [0.15, 0.2) is 11.4 Å². The zero-order valence-electron chi connectivity index (χ0n) is 7.80. The average Bonchev–Trinajstić information content (AvgIpc) is 2.65. The zero-order valence-corrected chi connectivity index (χ0v) is 9.37. The predicted octanol–water partition coefficient (Wildman–Crippen LogP) is 3.55. The fraction of sp³-hybridized carbons (Fsp3) is 0.600. The van der Waals surface area contributed by atoms with Crippen LogP contribution in [-0.4, -0.2) is 12.6 Å². The summed E-state index contributed by atoms with van der Waals surface area (Å²) in [6.07, 6.45) is 2.24. The summed E-state index contributed by atoms with van der Waals surface area (Å²) in [7, 11) is 0. The molecule has 1 fully saturated rings. The molecule has 1 aromatic heterocycles. The molecule has 0 spiro atoms. The maximum absolute atomic E-state index is 14.0. The van der Waals surface area contributed by atoms with Gasteiger partial charge in [-0.05, 0) is 30.8 Å². The van der Waals surface area contributed by atoms with E-state index in [0.717, 1.165) is 25.8 Å². The molecule has 0 bridgehead atoms. The van der Waals surface area contributed by atoms with Gasteiger partial charge in [-0.3, -0.25) is 0 Å². The van der Waals surface area contributed by atoms with E-state index in [1.54, 1.807) is 6.07 Å². The quantitative estimate of drug-likeness (QED) is 0.824. The minimum absolute atomic E-state index is 0.0418. The summed E-state index contributed by atoms with van der Waals surface area (Å²) in [5.41, 5.74) is 0. The van der Waals surface area contributed by atoms with Gasteiger partial charge in [-0.25, -0.2) is 4.39 Å². The summed E-state index contributed by atoms with van der Waals surface area (Å²) in [6.45, 7) is 0.925. The Labute approximate surface area is 92.3 Å². The van der Waals surface area contributed by atoms with E-state index in [0.29, 0.717) is 9.90 Å². The Balaban J connectivity index is 2.07. The molecule has 0 aliphatic carbocycles. The highest BCUT2D eigenvalue weighted by molar-refractivity contribution is 7.10. The van der Waals surface area contributed by atoms with Gasteiger partial charge in [0.2, 0.25) is 0 Å². The van der Waals surface area contributed by atoms with Crippen molar-refractivity contribution in [1.29, 1.82) is 0 Å². The second-order valence-corrected chi connectivity index (χ2v) is 4.95. The Morgan fingerprint density at radius 3 is 3.00 bits per heavy atom. The van der Waals surface area contributed by atoms with Gasteiger partial charge < -0.3 is 5.32 Å².